The molecule has 0 aliphatic rings. The lowest BCUT2D eigenvalue weighted by atomic mass is 10.2. The van der Waals surface area contributed by atoms with Gasteiger partial charge in [-0.15, -0.1) is 0 Å². The van der Waals surface area contributed by atoms with E-state index in [2.05, 4.69) is 15.5 Å². The molecular weight excluding hydrogens is 326 g/mol. The number of carbonyl (C=O) groups excluding carboxylic acids is 1. The normalized spacial score (nSPS) is 10.8. The van der Waals surface area contributed by atoms with Gasteiger partial charge in [-0.05, 0) is 37.6 Å². The molecule has 24 heavy (non-hydrogen) atoms. The molecule has 0 radical (unpaired) electrons. The lowest BCUT2D eigenvalue weighted by Crippen LogP contribution is -2.20. The molecule has 2 aromatic heterocycles. The number of amides is 1. The number of rotatable bonds is 5. The van der Waals surface area contributed by atoms with Gasteiger partial charge in [0.15, 0.2) is 0 Å². The first-order valence-electron chi connectivity index (χ1n) is 7.57. The van der Waals surface area contributed by atoms with Crippen molar-refractivity contribution in [3.05, 3.63) is 64.7 Å². The first-order chi connectivity index (χ1) is 11.5. The largest absolute Gasteiger partial charge is 0.322 e. The van der Waals surface area contributed by atoms with Crippen molar-refractivity contribution >= 4 is 23.2 Å². The molecule has 0 aliphatic heterocycles. The van der Waals surface area contributed by atoms with Crippen molar-refractivity contribution in [2.24, 2.45) is 0 Å². The van der Waals surface area contributed by atoms with E-state index in [4.69, 9.17) is 11.6 Å². The molecule has 6 nitrogen and oxygen atoms in total. The molecule has 1 aromatic carbocycles. The van der Waals surface area contributed by atoms with Gasteiger partial charge in [-0.3, -0.25) is 14.2 Å². The molecule has 0 spiro atoms. The van der Waals surface area contributed by atoms with Crippen LogP contribution in [0.2, 0.25) is 5.02 Å². The van der Waals surface area contributed by atoms with Gasteiger partial charge >= 0.3 is 0 Å². The topological polar surface area (TPSA) is 64.7 Å². The summed E-state index contributed by atoms with van der Waals surface area (Å²) < 4.78 is 3.44. The molecule has 0 saturated heterocycles. The van der Waals surface area contributed by atoms with Gasteiger partial charge in [-0.1, -0.05) is 23.7 Å². The fraction of sp³-hybridized carbons (Fsp3) is 0.235. The predicted molar refractivity (Wildman–Crippen MR) is 93.1 cm³/mol. The molecule has 0 fully saturated rings. The molecule has 1 N–H and O–H groups in total. The third-order valence-corrected chi connectivity index (χ3v) is 3.78. The highest BCUT2D eigenvalue weighted by molar-refractivity contribution is 6.30. The van der Waals surface area contributed by atoms with E-state index in [1.54, 1.807) is 21.8 Å². The molecular formula is C17H18ClN5O. The number of hydrogen-bond donors (Lipinski definition) is 1. The minimum absolute atomic E-state index is 0.136. The van der Waals surface area contributed by atoms with Crippen molar-refractivity contribution < 1.29 is 4.79 Å². The third kappa shape index (κ3) is 4.02. The minimum atomic E-state index is -0.136. The molecule has 2 heterocycles. The number of nitrogens with zero attached hydrogens (tertiary/aromatic N) is 4. The summed E-state index contributed by atoms with van der Waals surface area (Å²) >= 11 is 5.98. The van der Waals surface area contributed by atoms with Gasteiger partial charge in [0.05, 0.1) is 24.1 Å². The Bertz CT molecular complexity index is 868. The Morgan fingerprint density at radius 1 is 1.29 bits per heavy atom. The van der Waals surface area contributed by atoms with Gasteiger partial charge in [0, 0.05) is 16.9 Å². The van der Waals surface area contributed by atoms with Crippen molar-refractivity contribution in [3.8, 4) is 0 Å². The molecule has 1 amide bonds. The molecule has 0 aliphatic carbocycles. The van der Waals surface area contributed by atoms with Crippen LogP contribution in [0.4, 0.5) is 5.69 Å². The Balaban J connectivity index is 1.61. The van der Waals surface area contributed by atoms with E-state index in [0.717, 1.165) is 17.0 Å². The summed E-state index contributed by atoms with van der Waals surface area (Å²) in [7, 11) is 0. The second kappa shape index (κ2) is 6.88. The van der Waals surface area contributed by atoms with E-state index in [1.807, 2.05) is 44.2 Å². The SMILES string of the molecule is Cc1cc(C)n(CC(=O)Nc2cnn(Cc3cccc(Cl)c3)c2)n1. The monoisotopic (exact) mass is 343 g/mol. The molecule has 0 atom stereocenters. The van der Waals surface area contributed by atoms with Gasteiger partial charge in [-0.25, -0.2) is 0 Å². The number of aryl methyl sites for hydroxylation is 2. The summed E-state index contributed by atoms with van der Waals surface area (Å²) in [6.45, 7) is 4.60. The standard InChI is InChI=1S/C17H18ClN5O/c1-12-6-13(2)23(21-12)11-17(24)20-16-8-19-22(10-16)9-14-4-3-5-15(18)7-14/h3-8,10H,9,11H2,1-2H3,(H,20,24). The van der Waals surface area contributed by atoms with E-state index in [9.17, 15) is 4.79 Å². The maximum absolute atomic E-state index is 12.1. The average molecular weight is 344 g/mol. The van der Waals surface area contributed by atoms with Crippen LogP contribution in [0.3, 0.4) is 0 Å². The minimum Gasteiger partial charge on any atom is -0.322 e. The van der Waals surface area contributed by atoms with Crippen LogP contribution in [0.5, 0.6) is 0 Å². The fourth-order valence-corrected chi connectivity index (χ4v) is 2.72. The number of halogens is 1. The van der Waals surface area contributed by atoms with Crippen molar-refractivity contribution in [1.29, 1.82) is 0 Å². The van der Waals surface area contributed by atoms with Crippen LogP contribution in [0.15, 0.2) is 42.7 Å². The second-order valence-electron chi connectivity index (χ2n) is 5.69. The van der Waals surface area contributed by atoms with Crippen molar-refractivity contribution in [2.75, 3.05) is 5.32 Å². The summed E-state index contributed by atoms with van der Waals surface area (Å²) in [5.74, 6) is -0.136. The van der Waals surface area contributed by atoms with Crippen LogP contribution in [0, 0.1) is 13.8 Å². The molecule has 0 unspecified atom stereocenters. The number of anilines is 1. The quantitative estimate of drug-likeness (QED) is 0.774. The zero-order chi connectivity index (χ0) is 17.1. The first-order valence-corrected chi connectivity index (χ1v) is 7.95. The van der Waals surface area contributed by atoms with Crippen molar-refractivity contribution in [3.63, 3.8) is 0 Å². The van der Waals surface area contributed by atoms with Crippen molar-refractivity contribution in [1.82, 2.24) is 19.6 Å². The van der Waals surface area contributed by atoms with E-state index >= 15 is 0 Å². The third-order valence-electron chi connectivity index (χ3n) is 3.55. The smallest absolute Gasteiger partial charge is 0.246 e. The van der Waals surface area contributed by atoms with E-state index in [0.29, 0.717) is 17.3 Å². The Morgan fingerprint density at radius 2 is 2.12 bits per heavy atom. The van der Waals surface area contributed by atoms with Gasteiger partial charge in [0.1, 0.15) is 6.54 Å². The van der Waals surface area contributed by atoms with E-state index in [-0.39, 0.29) is 12.5 Å². The molecule has 0 bridgehead atoms. The average Bonchev–Trinajstić information content (AvgIpc) is 3.05. The Morgan fingerprint density at radius 3 is 2.83 bits per heavy atom. The summed E-state index contributed by atoms with van der Waals surface area (Å²) in [4.78, 5) is 12.1. The highest BCUT2D eigenvalue weighted by Crippen LogP contribution is 2.13. The van der Waals surface area contributed by atoms with Crippen LogP contribution in [0.1, 0.15) is 17.0 Å². The van der Waals surface area contributed by atoms with Crippen LogP contribution in [0.25, 0.3) is 0 Å². The molecule has 3 aromatic rings. The zero-order valence-corrected chi connectivity index (χ0v) is 14.3. The van der Waals surface area contributed by atoms with Crippen LogP contribution < -0.4 is 5.32 Å². The number of nitrogens with one attached hydrogen (secondary N) is 1. The lowest BCUT2D eigenvalue weighted by Gasteiger charge is -2.05. The van der Waals surface area contributed by atoms with Crippen LogP contribution >= 0.6 is 11.6 Å². The molecule has 0 saturated carbocycles. The van der Waals surface area contributed by atoms with E-state index in [1.165, 1.54) is 0 Å². The number of hydrogen-bond acceptors (Lipinski definition) is 3. The maximum Gasteiger partial charge on any atom is 0.246 e. The number of aromatic nitrogens is 4. The number of carbonyl (C=O) groups is 1. The van der Waals surface area contributed by atoms with Gasteiger partial charge in [-0.2, -0.15) is 10.2 Å². The summed E-state index contributed by atoms with van der Waals surface area (Å²) in [6.07, 6.45) is 3.42. The summed E-state index contributed by atoms with van der Waals surface area (Å²) in [6, 6.07) is 9.55. The molecule has 3 rings (SSSR count). The summed E-state index contributed by atoms with van der Waals surface area (Å²) in [5.41, 5.74) is 3.56. The Labute approximate surface area is 145 Å². The lowest BCUT2D eigenvalue weighted by molar-refractivity contribution is -0.116. The van der Waals surface area contributed by atoms with Crippen LogP contribution in [-0.2, 0) is 17.9 Å². The van der Waals surface area contributed by atoms with Crippen molar-refractivity contribution in [2.45, 2.75) is 26.9 Å². The second-order valence-corrected chi connectivity index (χ2v) is 6.13. The summed E-state index contributed by atoms with van der Waals surface area (Å²) in [5, 5.41) is 12.1. The number of benzene rings is 1. The molecule has 124 valence electrons. The Hall–Kier alpha value is -2.60. The van der Waals surface area contributed by atoms with Gasteiger partial charge < -0.3 is 5.32 Å². The maximum atomic E-state index is 12.1. The predicted octanol–water partition coefficient (Wildman–Crippen LogP) is 3.04. The van der Waals surface area contributed by atoms with Crippen LogP contribution in [-0.4, -0.2) is 25.5 Å². The van der Waals surface area contributed by atoms with E-state index < -0.39 is 0 Å². The fourth-order valence-electron chi connectivity index (χ4n) is 2.51. The van der Waals surface area contributed by atoms with Gasteiger partial charge in [0.2, 0.25) is 5.91 Å². The Kier molecular flexibility index (Phi) is 4.66. The highest BCUT2D eigenvalue weighted by Gasteiger charge is 2.09. The highest BCUT2D eigenvalue weighted by atomic mass is 35.5. The zero-order valence-electron chi connectivity index (χ0n) is 13.5. The first kappa shape index (κ1) is 16.3. The molecule has 7 heteroatoms. The van der Waals surface area contributed by atoms with Gasteiger partial charge in [0.25, 0.3) is 0 Å².